The third-order valence-electron chi connectivity index (χ3n) is 2.25. The molecule has 0 aromatic carbocycles. The van der Waals surface area contributed by atoms with Crippen LogP contribution in [0.3, 0.4) is 0 Å². The first-order valence-corrected chi connectivity index (χ1v) is 5.06. The zero-order valence-corrected chi connectivity index (χ0v) is 8.48. The number of pyridine rings is 1. The summed E-state index contributed by atoms with van der Waals surface area (Å²) in [4.78, 5) is 8.36. The predicted octanol–water partition coefficient (Wildman–Crippen LogP) is 0.170. The number of hydrogen-bond acceptors (Lipinski definition) is 5. The molecule has 0 fully saturated rings. The molecule has 2 heterocycles. The second kappa shape index (κ2) is 4.75. The third-order valence-corrected chi connectivity index (χ3v) is 2.25. The van der Waals surface area contributed by atoms with E-state index in [2.05, 4.69) is 20.6 Å². The molecule has 5 nitrogen and oxygen atoms in total. The summed E-state index contributed by atoms with van der Waals surface area (Å²) in [6.45, 7) is 1.48. The van der Waals surface area contributed by atoms with Gasteiger partial charge in [-0.25, -0.2) is 0 Å². The first-order valence-electron chi connectivity index (χ1n) is 5.06. The van der Waals surface area contributed by atoms with Gasteiger partial charge in [0.25, 0.3) is 0 Å². The van der Waals surface area contributed by atoms with E-state index in [1.165, 1.54) is 0 Å². The van der Waals surface area contributed by atoms with Crippen molar-refractivity contribution < 1.29 is 0 Å². The fraction of sp³-hybridized carbons (Fsp3) is 0.400. The molecule has 0 unspecified atom stereocenters. The summed E-state index contributed by atoms with van der Waals surface area (Å²) in [5, 5.41) is 6.44. The smallest absolute Gasteiger partial charge is 0.196 e. The summed E-state index contributed by atoms with van der Waals surface area (Å²) >= 11 is 0. The Morgan fingerprint density at radius 3 is 3.27 bits per heavy atom. The van der Waals surface area contributed by atoms with Crippen LogP contribution >= 0.6 is 0 Å². The van der Waals surface area contributed by atoms with Gasteiger partial charge in [0.15, 0.2) is 5.96 Å². The molecule has 0 spiro atoms. The Hall–Kier alpha value is -1.62. The molecule has 80 valence electrons. The fourth-order valence-corrected chi connectivity index (χ4v) is 1.50. The highest BCUT2D eigenvalue weighted by Crippen LogP contribution is 2.05. The average Bonchev–Trinajstić information content (AvgIpc) is 2.68. The van der Waals surface area contributed by atoms with Crippen molar-refractivity contribution in [2.45, 2.75) is 12.5 Å². The lowest BCUT2D eigenvalue weighted by Crippen LogP contribution is -2.35. The monoisotopic (exact) mass is 205 g/mol. The molecular formula is C10H15N5. The molecular weight excluding hydrogens is 190 g/mol. The van der Waals surface area contributed by atoms with Crippen LogP contribution in [0.1, 0.15) is 6.42 Å². The van der Waals surface area contributed by atoms with Gasteiger partial charge in [-0.15, -0.1) is 0 Å². The second-order valence-electron chi connectivity index (χ2n) is 3.47. The lowest BCUT2D eigenvalue weighted by atomic mass is 10.2. The first kappa shape index (κ1) is 9.92. The summed E-state index contributed by atoms with van der Waals surface area (Å²) in [5.74, 6) is 0.807. The van der Waals surface area contributed by atoms with Gasteiger partial charge >= 0.3 is 0 Å². The van der Waals surface area contributed by atoms with Gasteiger partial charge in [0.1, 0.15) is 0 Å². The van der Waals surface area contributed by atoms with Crippen LogP contribution in [-0.2, 0) is 0 Å². The Labute approximate surface area is 88.8 Å². The number of nitrogens with two attached hydrogens (primary N) is 1. The average molecular weight is 205 g/mol. The largest absolute Gasteiger partial charge is 0.351 e. The molecule has 0 radical (unpaired) electrons. The number of nitrogens with zero attached hydrogens (tertiary/aromatic N) is 2. The van der Waals surface area contributed by atoms with Crippen LogP contribution in [0.4, 0.5) is 5.69 Å². The maximum atomic E-state index is 5.49. The van der Waals surface area contributed by atoms with Crippen LogP contribution < -0.4 is 16.4 Å². The van der Waals surface area contributed by atoms with E-state index < -0.39 is 0 Å². The molecule has 1 aliphatic rings. The highest BCUT2D eigenvalue weighted by molar-refractivity contribution is 5.94. The van der Waals surface area contributed by atoms with Crippen molar-refractivity contribution in [3.63, 3.8) is 0 Å². The number of aromatic nitrogens is 1. The predicted molar refractivity (Wildman–Crippen MR) is 60.8 cm³/mol. The van der Waals surface area contributed by atoms with Gasteiger partial charge in [0, 0.05) is 12.2 Å². The minimum atomic E-state index is 0.370. The highest BCUT2D eigenvalue weighted by atomic mass is 15.2. The minimum Gasteiger partial charge on any atom is -0.351 e. The minimum absolute atomic E-state index is 0.370. The Morgan fingerprint density at radius 2 is 2.53 bits per heavy atom. The topological polar surface area (TPSA) is 75.3 Å². The second-order valence-corrected chi connectivity index (χ2v) is 3.47. The third kappa shape index (κ3) is 2.66. The molecule has 0 saturated carbocycles. The summed E-state index contributed by atoms with van der Waals surface area (Å²) in [6, 6.07) is 4.21. The number of hydrogen-bond donors (Lipinski definition) is 3. The number of anilines is 1. The number of guanidine groups is 1. The summed E-state index contributed by atoms with van der Waals surface area (Å²) < 4.78 is 0. The molecule has 15 heavy (non-hydrogen) atoms. The van der Waals surface area contributed by atoms with E-state index in [9.17, 15) is 0 Å². The molecule has 1 aliphatic heterocycles. The van der Waals surface area contributed by atoms with E-state index in [1.54, 1.807) is 12.4 Å². The van der Waals surface area contributed by atoms with Gasteiger partial charge in [-0.3, -0.25) is 9.98 Å². The van der Waals surface area contributed by atoms with Gasteiger partial charge in [0.05, 0.1) is 18.4 Å². The summed E-state index contributed by atoms with van der Waals surface area (Å²) in [5.41, 5.74) is 6.43. The maximum Gasteiger partial charge on any atom is 0.196 e. The Balaban J connectivity index is 1.87. The highest BCUT2D eigenvalue weighted by Gasteiger charge is 2.15. The van der Waals surface area contributed by atoms with E-state index in [0.717, 1.165) is 24.6 Å². The molecule has 1 atom stereocenters. The molecule has 5 heteroatoms. The summed E-state index contributed by atoms with van der Waals surface area (Å²) in [7, 11) is 0. The van der Waals surface area contributed by atoms with Crippen LogP contribution in [0.15, 0.2) is 29.5 Å². The SMILES string of the molecule is NCC[C@H]1CN=C(Nc2cccnc2)N1. The van der Waals surface area contributed by atoms with Crippen molar-refractivity contribution in [1.29, 1.82) is 0 Å². The zero-order chi connectivity index (χ0) is 10.5. The van der Waals surface area contributed by atoms with Crippen LogP contribution in [0.25, 0.3) is 0 Å². The van der Waals surface area contributed by atoms with Crippen LogP contribution in [-0.4, -0.2) is 30.1 Å². The lowest BCUT2D eigenvalue weighted by molar-refractivity contribution is 0.609. The molecule has 1 aromatic heterocycles. The summed E-state index contributed by atoms with van der Waals surface area (Å²) in [6.07, 6.45) is 4.45. The first-order chi connectivity index (χ1) is 7.38. The lowest BCUT2D eigenvalue weighted by Gasteiger charge is -2.11. The van der Waals surface area contributed by atoms with Crippen LogP contribution in [0, 0.1) is 0 Å². The van der Waals surface area contributed by atoms with Crippen LogP contribution in [0.5, 0.6) is 0 Å². The normalized spacial score (nSPS) is 19.5. The molecule has 0 saturated heterocycles. The number of aliphatic imine (C=N–C) groups is 1. The van der Waals surface area contributed by atoms with Gasteiger partial charge in [-0.2, -0.15) is 0 Å². The molecule has 0 bridgehead atoms. The Morgan fingerprint density at radius 1 is 1.60 bits per heavy atom. The van der Waals surface area contributed by atoms with Crippen molar-refractivity contribution in [1.82, 2.24) is 10.3 Å². The van der Waals surface area contributed by atoms with Gasteiger partial charge in [0.2, 0.25) is 0 Å². The van der Waals surface area contributed by atoms with Crippen LogP contribution in [0.2, 0.25) is 0 Å². The van der Waals surface area contributed by atoms with E-state index >= 15 is 0 Å². The van der Waals surface area contributed by atoms with Crippen molar-refractivity contribution in [2.24, 2.45) is 10.7 Å². The van der Waals surface area contributed by atoms with E-state index in [4.69, 9.17) is 5.73 Å². The van der Waals surface area contributed by atoms with Gasteiger partial charge in [-0.05, 0) is 25.1 Å². The molecule has 0 amide bonds. The fourth-order valence-electron chi connectivity index (χ4n) is 1.50. The number of nitrogens with one attached hydrogen (secondary N) is 2. The zero-order valence-electron chi connectivity index (χ0n) is 8.48. The van der Waals surface area contributed by atoms with E-state index in [0.29, 0.717) is 12.6 Å². The van der Waals surface area contributed by atoms with Crippen molar-refractivity contribution in [3.05, 3.63) is 24.5 Å². The molecule has 1 aromatic rings. The van der Waals surface area contributed by atoms with E-state index in [-0.39, 0.29) is 0 Å². The Kier molecular flexibility index (Phi) is 3.14. The van der Waals surface area contributed by atoms with Crippen molar-refractivity contribution in [2.75, 3.05) is 18.4 Å². The number of rotatable bonds is 3. The maximum absolute atomic E-state index is 5.49. The van der Waals surface area contributed by atoms with Gasteiger partial charge in [-0.1, -0.05) is 0 Å². The van der Waals surface area contributed by atoms with Crippen molar-refractivity contribution in [3.8, 4) is 0 Å². The molecule has 4 N–H and O–H groups in total. The molecule has 0 aliphatic carbocycles. The quantitative estimate of drug-likeness (QED) is 0.657. The molecule has 2 rings (SSSR count). The van der Waals surface area contributed by atoms with Crippen molar-refractivity contribution >= 4 is 11.6 Å². The standard InChI is InChI=1S/C10H15N5/c11-4-3-9-7-13-10(15-9)14-8-2-1-5-12-6-8/h1-2,5-6,9H,3-4,7,11H2,(H2,13,14,15)/t9-/m0/s1. The Bertz CT molecular complexity index is 335. The van der Waals surface area contributed by atoms with Gasteiger partial charge < -0.3 is 16.4 Å². The van der Waals surface area contributed by atoms with E-state index in [1.807, 2.05) is 12.1 Å².